The van der Waals surface area contributed by atoms with Gasteiger partial charge in [0, 0.05) is 16.5 Å². The number of carbonyl (C=O) groups excluding carboxylic acids is 1. The normalized spacial score (nSPS) is 12.1. The Balaban J connectivity index is 1.98. The molecule has 0 saturated heterocycles. The van der Waals surface area contributed by atoms with Crippen LogP contribution in [0.25, 0.3) is 28.2 Å². The van der Waals surface area contributed by atoms with Crippen LogP contribution < -0.4 is 0 Å². The summed E-state index contributed by atoms with van der Waals surface area (Å²) in [4.78, 5) is 18.7. The maximum Gasteiger partial charge on any atom is 0.166 e. The van der Waals surface area contributed by atoms with Gasteiger partial charge in [-0.25, -0.2) is 4.98 Å². The number of aromatic nitrogens is 2. The van der Waals surface area contributed by atoms with Gasteiger partial charge < -0.3 is 4.98 Å². The van der Waals surface area contributed by atoms with E-state index in [1.807, 2.05) is 36.4 Å². The fraction of sp³-hybridized carbons (Fsp3) is 0.200. The van der Waals surface area contributed by atoms with Crippen molar-refractivity contribution in [2.75, 3.05) is 0 Å². The number of fused-ring (bicyclic) bond motifs is 1. The number of aromatic amines is 1. The van der Waals surface area contributed by atoms with Crippen molar-refractivity contribution in [1.29, 1.82) is 0 Å². The summed E-state index contributed by atoms with van der Waals surface area (Å²) in [7, 11) is 0. The van der Waals surface area contributed by atoms with Crippen molar-refractivity contribution in [3.8, 4) is 11.3 Å². The van der Waals surface area contributed by atoms with E-state index >= 15 is 0 Å². The second-order valence-corrected chi connectivity index (χ2v) is 6.79. The molecule has 3 heteroatoms. The molecule has 0 radical (unpaired) electrons. The number of nitrogens with one attached hydrogen (secondary N) is 1. The Labute approximate surface area is 136 Å². The van der Waals surface area contributed by atoms with Gasteiger partial charge in [-0.1, -0.05) is 39.0 Å². The largest absolute Gasteiger partial charge is 0.352 e. The van der Waals surface area contributed by atoms with Crippen molar-refractivity contribution >= 4 is 23.3 Å². The molecule has 116 valence electrons. The van der Waals surface area contributed by atoms with E-state index in [4.69, 9.17) is 4.98 Å². The number of allylic oxidation sites excluding steroid dienone is 1. The van der Waals surface area contributed by atoms with E-state index in [0.717, 1.165) is 34.1 Å². The Bertz CT molecular complexity index is 882. The number of hydrogen-bond donors (Lipinski definition) is 1. The molecule has 2 aromatic heterocycles. The SMILES string of the molecule is CC(C)(C)/C=C/c1cccc(-c2ccc3[nH]c(C=O)cc3c2)n1. The number of benzene rings is 1. The first-order valence-corrected chi connectivity index (χ1v) is 7.69. The summed E-state index contributed by atoms with van der Waals surface area (Å²) >= 11 is 0. The molecule has 3 rings (SSSR count). The van der Waals surface area contributed by atoms with Crippen LogP contribution in [0.1, 0.15) is 37.0 Å². The zero-order valence-corrected chi connectivity index (χ0v) is 13.6. The molecule has 1 N–H and O–H groups in total. The Morgan fingerprint density at radius 1 is 1.09 bits per heavy atom. The molecule has 0 bridgehead atoms. The van der Waals surface area contributed by atoms with Gasteiger partial charge in [0.2, 0.25) is 0 Å². The van der Waals surface area contributed by atoms with Gasteiger partial charge in [0.05, 0.1) is 17.1 Å². The van der Waals surface area contributed by atoms with Gasteiger partial charge in [0.25, 0.3) is 0 Å². The van der Waals surface area contributed by atoms with Crippen LogP contribution in [-0.4, -0.2) is 16.3 Å². The number of aldehydes is 1. The Kier molecular flexibility index (Phi) is 3.87. The Morgan fingerprint density at radius 2 is 1.91 bits per heavy atom. The van der Waals surface area contributed by atoms with Crippen LogP contribution in [0, 0.1) is 5.41 Å². The molecule has 1 aromatic carbocycles. The molecular weight excluding hydrogens is 284 g/mol. The highest BCUT2D eigenvalue weighted by Gasteiger charge is 2.06. The number of rotatable bonds is 3. The molecule has 0 saturated carbocycles. The minimum absolute atomic E-state index is 0.132. The van der Waals surface area contributed by atoms with Crippen molar-refractivity contribution in [2.24, 2.45) is 5.41 Å². The van der Waals surface area contributed by atoms with Gasteiger partial charge >= 0.3 is 0 Å². The van der Waals surface area contributed by atoms with Gasteiger partial charge in [-0.15, -0.1) is 0 Å². The van der Waals surface area contributed by atoms with E-state index in [9.17, 15) is 4.79 Å². The van der Waals surface area contributed by atoms with E-state index in [1.165, 1.54) is 0 Å². The first kappa shape index (κ1) is 15.2. The highest BCUT2D eigenvalue weighted by Crippen LogP contribution is 2.24. The van der Waals surface area contributed by atoms with Crippen LogP contribution in [0.15, 0.2) is 48.5 Å². The third-order valence-corrected chi connectivity index (χ3v) is 3.59. The van der Waals surface area contributed by atoms with Gasteiger partial charge in [-0.3, -0.25) is 4.79 Å². The number of pyridine rings is 1. The summed E-state index contributed by atoms with van der Waals surface area (Å²) in [5.74, 6) is 0. The summed E-state index contributed by atoms with van der Waals surface area (Å²) < 4.78 is 0. The molecule has 0 unspecified atom stereocenters. The molecule has 23 heavy (non-hydrogen) atoms. The van der Waals surface area contributed by atoms with Crippen molar-refractivity contribution in [3.63, 3.8) is 0 Å². The Morgan fingerprint density at radius 3 is 2.65 bits per heavy atom. The molecule has 0 atom stereocenters. The lowest BCUT2D eigenvalue weighted by Crippen LogP contribution is -1.98. The molecule has 0 spiro atoms. The summed E-state index contributed by atoms with van der Waals surface area (Å²) in [5, 5.41) is 1.02. The van der Waals surface area contributed by atoms with Gasteiger partial charge in [0.1, 0.15) is 0 Å². The minimum Gasteiger partial charge on any atom is -0.352 e. The van der Waals surface area contributed by atoms with Crippen LogP contribution in [0.5, 0.6) is 0 Å². The molecule has 2 heterocycles. The van der Waals surface area contributed by atoms with E-state index in [1.54, 1.807) is 0 Å². The van der Waals surface area contributed by atoms with Crippen LogP contribution >= 0.6 is 0 Å². The fourth-order valence-electron chi connectivity index (χ4n) is 2.42. The smallest absolute Gasteiger partial charge is 0.166 e. The standard InChI is InChI=1S/C20H20N2O/c1-20(2,3)10-9-16-5-4-6-18(21-16)14-7-8-19-15(11-14)12-17(13-23)22-19/h4-13,22H,1-3H3/b10-9+. The van der Waals surface area contributed by atoms with E-state index in [-0.39, 0.29) is 5.41 Å². The molecule has 0 fully saturated rings. The fourth-order valence-corrected chi connectivity index (χ4v) is 2.42. The number of H-pyrrole nitrogens is 1. The third kappa shape index (κ3) is 3.57. The molecular formula is C20H20N2O. The van der Waals surface area contributed by atoms with Gasteiger partial charge in [-0.2, -0.15) is 0 Å². The molecule has 3 nitrogen and oxygen atoms in total. The van der Waals surface area contributed by atoms with Crippen LogP contribution in [0.2, 0.25) is 0 Å². The lowest BCUT2D eigenvalue weighted by atomic mass is 9.96. The number of nitrogens with zero attached hydrogens (tertiary/aromatic N) is 1. The predicted octanol–water partition coefficient (Wildman–Crippen LogP) is 5.10. The van der Waals surface area contributed by atoms with Crippen LogP contribution in [-0.2, 0) is 0 Å². The van der Waals surface area contributed by atoms with Crippen LogP contribution in [0.3, 0.4) is 0 Å². The molecule has 3 aromatic rings. The van der Waals surface area contributed by atoms with Crippen molar-refractivity contribution in [2.45, 2.75) is 20.8 Å². The highest BCUT2D eigenvalue weighted by atomic mass is 16.1. The van der Waals surface area contributed by atoms with Gasteiger partial charge in [0.15, 0.2) is 6.29 Å². The van der Waals surface area contributed by atoms with E-state index in [2.05, 4.69) is 44.0 Å². The zero-order chi connectivity index (χ0) is 16.4. The van der Waals surface area contributed by atoms with E-state index < -0.39 is 0 Å². The third-order valence-electron chi connectivity index (χ3n) is 3.59. The number of carbonyl (C=O) groups is 1. The quantitative estimate of drug-likeness (QED) is 0.684. The van der Waals surface area contributed by atoms with E-state index in [0.29, 0.717) is 5.69 Å². The lowest BCUT2D eigenvalue weighted by Gasteiger charge is -2.11. The van der Waals surface area contributed by atoms with Crippen molar-refractivity contribution in [3.05, 3.63) is 59.9 Å². The number of hydrogen-bond acceptors (Lipinski definition) is 2. The second kappa shape index (κ2) is 5.84. The summed E-state index contributed by atoms with van der Waals surface area (Å²) in [5.41, 5.74) is 4.59. The topological polar surface area (TPSA) is 45.8 Å². The maximum atomic E-state index is 10.9. The first-order valence-electron chi connectivity index (χ1n) is 7.69. The predicted molar refractivity (Wildman–Crippen MR) is 95.4 cm³/mol. The maximum absolute atomic E-state index is 10.9. The average molecular weight is 304 g/mol. The molecule has 0 amide bonds. The second-order valence-electron chi connectivity index (χ2n) is 6.79. The average Bonchev–Trinajstić information content (AvgIpc) is 2.95. The highest BCUT2D eigenvalue weighted by molar-refractivity contribution is 5.90. The lowest BCUT2D eigenvalue weighted by molar-refractivity contribution is 0.112. The molecule has 0 aliphatic rings. The zero-order valence-electron chi connectivity index (χ0n) is 13.6. The van der Waals surface area contributed by atoms with Crippen LogP contribution in [0.4, 0.5) is 0 Å². The Hall–Kier alpha value is -2.68. The summed E-state index contributed by atoms with van der Waals surface area (Å²) in [6.45, 7) is 6.49. The summed E-state index contributed by atoms with van der Waals surface area (Å²) in [6.07, 6.45) is 5.05. The van der Waals surface area contributed by atoms with Gasteiger partial charge in [-0.05, 0) is 41.8 Å². The minimum atomic E-state index is 0.132. The molecule has 0 aliphatic carbocycles. The first-order chi connectivity index (χ1) is 10.9. The van der Waals surface area contributed by atoms with Crippen molar-refractivity contribution < 1.29 is 4.79 Å². The monoisotopic (exact) mass is 304 g/mol. The van der Waals surface area contributed by atoms with Crippen molar-refractivity contribution in [1.82, 2.24) is 9.97 Å². The summed E-state index contributed by atoms with van der Waals surface area (Å²) in [6, 6.07) is 13.9. The molecule has 0 aliphatic heterocycles.